The van der Waals surface area contributed by atoms with Crippen LogP contribution in [0.5, 0.6) is 0 Å². The van der Waals surface area contributed by atoms with Crippen LogP contribution in [0.25, 0.3) is 0 Å². The van der Waals surface area contributed by atoms with E-state index in [1.807, 2.05) is 13.0 Å². The molecular formula is C14H24O2. The summed E-state index contributed by atoms with van der Waals surface area (Å²) in [6.07, 6.45) is 12.5. The van der Waals surface area contributed by atoms with Gasteiger partial charge in [-0.1, -0.05) is 38.7 Å². The topological polar surface area (TPSA) is 26.3 Å². The Morgan fingerprint density at radius 2 is 1.88 bits per heavy atom. The SMILES string of the molecule is C/C=C(\C)C(=O)O/C=C/CCCCCCC. The van der Waals surface area contributed by atoms with Gasteiger partial charge in [0, 0.05) is 5.57 Å². The molecule has 0 aliphatic rings. The predicted molar refractivity (Wildman–Crippen MR) is 68.0 cm³/mol. The number of unbranched alkanes of at least 4 members (excludes halogenated alkanes) is 5. The monoisotopic (exact) mass is 224 g/mol. The van der Waals surface area contributed by atoms with Gasteiger partial charge in [-0.25, -0.2) is 4.79 Å². The molecule has 0 N–H and O–H groups in total. The third-order valence-electron chi connectivity index (χ3n) is 2.50. The molecule has 0 radical (unpaired) electrons. The number of hydrogen-bond donors (Lipinski definition) is 0. The molecule has 0 atom stereocenters. The van der Waals surface area contributed by atoms with Crippen molar-refractivity contribution in [2.24, 2.45) is 0 Å². The summed E-state index contributed by atoms with van der Waals surface area (Å²) in [6.45, 7) is 5.79. The van der Waals surface area contributed by atoms with Crippen molar-refractivity contribution in [3.8, 4) is 0 Å². The molecule has 0 aliphatic carbocycles. The molecule has 2 nitrogen and oxygen atoms in total. The molecular weight excluding hydrogens is 200 g/mol. The quantitative estimate of drug-likeness (QED) is 0.265. The van der Waals surface area contributed by atoms with Crippen molar-refractivity contribution in [1.82, 2.24) is 0 Å². The van der Waals surface area contributed by atoms with Crippen molar-refractivity contribution in [3.63, 3.8) is 0 Å². The molecule has 0 aromatic heterocycles. The van der Waals surface area contributed by atoms with Gasteiger partial charge in [-0.2, -0.15) is 0 Å². The van der Waals surface area contributed by atoms with Crippen LogP contribution in [0.4, 0.5) is 0 Å². The van der Waals surface area contributed by atoms with Crippen molar-refractivity contribution >= 4 is 5.97 Å². The summed E-state index contributed by atoms with van der Waals surface area (Å²) in [5, 5.41) is 0. The molecule has 0 saturated heterocycles. The average molecular weight is 224 g/mol. The largest absolute Gasteiger partial charge is 0.431 e. The first-order valence-electron chi connectivity index (χ1n) is 6.21. The molecule has 16 heavy (non-hydrogen) atoms. The van der Waals surface area contributed by atoms with Crippen molar-refractivity contribution in [2.75, 3.05) is 0 Å². The smallest absolute Gasteiger partial charge is 0.338 e. The summed E-state index contributed by atoms with van der Waals surface area (Å²) in [7, 11) is 0. The Morgan fingerprint density at radius 3 is 2.50 bits per heavy atom. The van der Waals surface area contributed by atoms with Gasteiger partial charge in [0.15, 0.2) is 0 Å². The zero-order valence-electron chi connectivity index (χ0n) is 10.8. The second kappa shape index (κ2) is 10.5. The molecule has 0 saturated carbocycles. The second-order valence-corrected chi connectivity index (χ2v) is 3.95. The van der Waals surface area contributed by atoms with Gasteiger partial charge in [0.25, 0.3) is 0 Å². The van der Waals surface area contributed by atoms with E-state index in [1.165, 1.54) is 38.4 Å². The van der Waals surface area contributed by atoms with Gasteiger partial charge >= 0.3 is 5.97 Å². The van der Waals surface area contributed by atoms with E-state index in [1.54, 1.807) is 13.0 Å². The average Bonchev–Trinajstić information content (AvgIpc) is 2.31. The van der Waals surface area contributed by atoms with Crippen LogP contribution in [-0.4, -0.2) is 5.97 Å². The van der Waals surface area contributed by atoms with Crippen molar-refractivity contribution in [3.05, 3.63) is 24.0 Å². The van der Waals surface area contributed by atoms with E-state index < -0.39 is 0 Å². The molecule has 0 amide bonds. The Labute approximate surface area is 99.4 Å². The molecule has 0 heterocycles. The number of ether oxygens (including phenoxy) is 1. The maximum atomic E-state index is 11.2. The predicted octanol–water partition coefficient (Wildman–Crippen LogP) is 4.37. The van der Waals surface area contributed by atoms with Crippen LogP contribution >= 0.6 is 0 Å². The van der Waals surface area contributed by atoms with Crippen molar-refractivity contribution < 1.29 is 9.53 Å². The maximum Gasteiger partial charge on any atom is 0.338 e. The third-order valence-corrected chi connectivity index (χ3v) is 2.50. The number of allylic oxidation sites excluding steroid dienone is 2. The summed E-state index contributed by atoms with van der Waals surface area (Å²) in [6, 6.07) is 0. The normalized spacial score (nSPS) is 12.1. The van der Waals surface area contributed by atoms with E-state index in [0.717, 1.165) is 6.42 Å². The molecule has 0 unspecified atom stereocenters. The van der Waals surface area contributed by atoms with E-state index >= 15 is 0 Å². The molecule has 92 valence electrons. The summed E-state index contributed by atoms with van der Waals surface area (Å²) in [4.78, 5) is 11.2. The number of hydrogen-bond acceptors (Lipinski definition) is 2. The molecule has 0 aromatic carbocycles. The summed E-state index contributed by atoms with van der Waals surface area (Å²) in [5.41, 5.74) is 0.646. The van der Waals surface area contributed by atoms with E-state index in [2.05, 4.69) is 6.92 Å². The molecule has 0 aromatic rings. The Hall–Kier alpha value is -1.05. The summed E-state index contributed by atoms with van der Waals surface area (Å²) in [5.74, 6) is -0.260. The van der Waals surface area contributed by atoms with E-state index in [4.69, 9.17) is 4.74 Å². The number of esters is 1. The first kappa shape index (κ1) is 14.9. The van der Waals surface area contributed by atoms with Gasteiger partial charge in [0.2, 0.25) is 0 Å². The van der Waals surface area contributed by atoms with Crippen LogP contribution in [0.1, 0.15) is 59.3 Å². The highest BCUT2D eigenvalue weighted by Gasteiger charge is 2.00. The number of rotatable bonds is 8. The van der Waals surface area contributed by atoms with Crippen LogP contribution in [0.2, 0.25) is 0 Å². The minimum absolute atomic E-state index is 0.260. The molecule has 2 heteroatoms. The Balaban J connectivity index is 3.45. The minimum atomic E-state index is -0.260. The van der Waals surface area contributed by atoms with Gasteiger partial charge in [-0.3, -0.25) is 0 Å². The summed E-state index contributed by atoms with van der Waals surface area (Å²) >= 11 is 0. The fourth-order valence-corrected chi connectivity index (χ4v) is 1.25. The first-order chi connectivity index (χ1) is 7.72. The number of carbonyl (C=O) groups is 1. The second-order valence-electron chi connectivity index (χ2n) is 3.95. The lowest BCUT2D eigenvalue weighted by molar-refractivity contribution is -0.133. The highest BCUT2D eigenvalue weighted by atomic mass is 16.5. The molecule has 0 aliphatic heterocycles. The van der Waals surface area contributed by atoms with Gasteiger partial charge in [-0.15, -0.1) is 0 Å². The summed E-state index contributed by atoms with van der Waals surface area (Å²) < 4.78 is 4.93. The van der Waals surface area contributed by atoms with Gasteiger partial charge in [-0.05, 0) is 32.8 Å². The van der Waals surface area contributed by atoms with Gasteiger partial charge in [0.1, 0.15) is 0 Å². The zero-order valence-corrected chi connectivity index (χ0v) is 10.8. The number of carbonyl (C=O) groups excluding carboxylic acids is 1. The van der Waals surface area contributed by atoms with Crippen LogP contribution in [0.3, 0.4) is 0 Å². The van der Waals surface area contributed by atoms with Crippen LogP contribution in [0.15, 0.2) is 24.0 Å². The Bertz CT molecular complexity index is 239. The van der Waals surface area contributed by atoms with E-state index in [-0.39, 0.29) is 5.97 Å². The lowest BCUT2D eigenvalue weighted by Gasteiger charge is -1.98. The van der Waals surface area contributed by atoms with Gasteiger partial charge < -0.3 is 4.74 Å². The lowest BCUT2D eigenvalue weighted by atomic mass is 10.1. The lowest BCUT2D eigenvalue weighted by Crippen LogP contribution is -2.00. The standard InChI is InChI=1S/C14H24O2/c1-4-6-7-8-9-10-11-12-16-14(15)13(3)5-2/h5,11-12H,4,6-10H2,1-3H3/b12-11+,13-5+. The van der Waals surface area contributed by atoms with Crippen LogP contribution in [0, 0.1) is 0 Å². The fourth-order valence-electron chi connectivity index (χ4n) is 1.25. The van der Waals surface area contributed by atoms with Crippen LogP contribution < -0.4 is 0 Å². The van der Waals surface area contributed by atoms with Crippen molar-refractivity contribution in [1.29, 1.82) is 0 Å². The van der Waals surface area contributed by atoms with Gasteiger partial charge in [0.05, 0.1) is 6.26 Å². The third kappa shape index (κ3) is 8.27. The van der Waals surface area contributed by atoms with E-state index in [0.29, 0.717) is 5.57 Å². The maximum absolute atomic E-state index is 11.2. The Kier molecular flexibility index (Phi) is 9.78. The first-order valence-corrected chi connectivity index (χ1v) is 6.21. The molecule has 0 rings (SSSR count). The van der Waals surface area contributed by atoms with E-state index in [9.17, 15) is 4.79 Å². The highest BCUT2D eigenvalue weighted by Crippen LogP contribution is 2.05. The molecule has 0 spiro atoms. The van der Waals surface area contributed by atoms with Crippen LogP contribution in [-0.2, 0) is 9.53 Å². The van der Waals surface area contributed by atoms with Crippen molar-refractivity contribution in [2.45, 2.75) is 59.3 Å². The fraction of sp³-hybridized carbons (Fsp3) is 0.643. The molecule has 0 fully saturated rings. The Morgan fingerprint density at radius 1 is 1.19 bits per heavy atom. The minimum Gasteiger partial charge on any atom is -0.431 e. The molecule has 0 bridgehead atoms. The zero-order chi connectivity index (χ0) is 12.2. The highest BCUT2D eigenvalue weighted by molar-refractivity contribution is 5.87.